The highest BCUT2D eigenvalue weighted by Crippen LogP contribution is 2.38. The molecule has 3 N–H and O–H groups in total. The van der Waals surface area contributed by atoms with Gasteiger partial charge in [0.2, 0.25) is 0 Å². The molecule has 3 fully saturated rings. The minimum Gasteiger partial charge on any atom is -0.435 e. The molecule has 2 aliphatic carbocycles. The largest absolute Gasteiger partial charge is 0.521 e. The first-order valence-electron chi connectivity index (χ1n) is 14.8. The molecule has 3 rings (SSSR count). The van der Waals surface area contributed by atoms with E-state index in [1.54, 1.807) is 19.1 Å². The summed E-state index contributed by atoms with van der Waals surface area (Å²) in [6.07, 6.45) is 10.4. The summed E-state index contributed by atoms with van der Waals surface area (Å²) in [6, 6.07) is -0.235. The van der Waals surface area contributed by atoms with E-state index in [0.29, 0.717) is 38.1 Å². The summed E-state index contributed by atoms with van der Waals surface area (Å²) in [4.78, 5) is 49.9. The van der Waals surface area contributed by atoms with Gasteiger partial charge in [0, 0.05) is 43.9 Å². The van der Waals surface area contributed by atoms with Gasteiger partial charge in [-0.05, 0) is 44.4 Å². The van der Waals surface area contributed by atoms with Gasteiger partial charge in [-0.1, -0.05) is 44.8 Å². The molecule has 1 saturated heterocycles. The van der Waals surface area contributed by atoms with Gasteiger partial charge >= 0.3 is 12.0 Å². The number of Topliss-reactive ketones (excluding diaryl/α,β-unsaturated/α-hetero) is 2. The van der Waals surface area contributed by atoms with Gasteiger partial charge in [0.25, 0.3) is 0 Å². The Hall–Kier alpha value is -1.90. The normalized spacial score (nSPS) is 34.3. The Morgan fingerprint density at radius 3 is 2.50 bits per heavy atom. The highest BCUT2D eigenvalue weighted by atomic mass is 16.4. The molecule has 0 spiro atoms. The van der Waals surface area contributed by atoms with E-state index >= 15 is 0 Å². The van der Waals surface area contributed by atoms with E-state index in [-0.39, 0.29) is 55.1 Å². The zero-order valence-electron chi connectivity index (χ0n) is 23.2. The molecule has 38 heavy (non-hydrogen) atoms. The number of aliphatic hydroxyl groups is 2. The molecule has 8 atom stereocenters. The van der Waals surface area contributed by atoms with Crippen LogP contribution in [0.25, 0.3) is 0 Å². The number of imide groups is 1. The van der Waals surface area contributed by atoms with Crippen molar-refractivity contribution in [3.8, 4) is 0 Å². The molecule has 1 heterocycles. The third kappa shape index (κ3) is 7.19. The van der Waals surface area contributed by atoms with Crippen molar-refractivity contribution in [2.24, 2.45) is 23.7 Å². The summed E-state index contributed by atoms with van der Waals surface area (Å²) in [5.41, 5.74) is 0. The van der Waals surface area contributed by atoms with Crippen LogP contribution >= 0.6 is 0 Å². The maximum Gasteiger partial charge on any atom is 0.521 e. The van der Waals surface area contributed by atoms with Gasteiger partial charge in [0.15, 0.2) is 0 Å². The van der Waals surface area contributed by atoms with Crippen LogP contribution in [0.5, 0.6) is 0 Å². The molecule has 2 amide bonds. The van der Waals surface area contributed by atoms with E-state index in [4.69, 9.17) is 0 Å². The topological polar surface area (TPSA) is 129 Å². The number of amides is 2. The standard InChI is InChI=1S/C30H47NO7/c1-3-4-9-21-12-13-22(17-21)26(33)15-14-24-25(28(35)19-27(24)34)18-23(32)10-5-6-11-29(36)31(30(37)38)16-7-8-20(31)2/h14-15,20-22,24-27,33-34H,3-13,16-19H2,1-2H3/p+1/t20-,21+,22+,24-,25-,26+,27-,31?/m1/s1. The first-order chi connectivity index (χ1) is 18.1. The summed E-state index contributed by atoms with van der Waals surface area (Å²) in [5, 5.41) is 30.9. The maximum atomic E-state index is 12.8. The molecule has 1 aliphatic heterocycles. The van der Waals surface area contributed by atoms with Crippen molar-refractivity contribution in [3.05, 3.63) is 12.2 Å². The summed E-state index contributed by atoms with van der Waals surface area (Å²) in [6.45, 7) is 4.31. The number of aliphatic hydroxyl groups excluding tert-OH is 2. The van der Waals surface area contributed by atoms with E-state index < -0.39 is 34.6 Å². The van der Waals surface area contributed by atoms with Crippen molar-refractivity contribution in [2.75, 3.05) is 6.54 Å². The quantitative estimate of drug-likeness (QED) is 0.176. The number of carbonyl (C=O) groups excluding carboxylic acids is 3. The first kappa shape index (κ1) is 30.6. The zero-order chi connectivity index (χ0) is 27.9. The number of unbranched alkanes of at least 4 members (excludes halogenated alkanes) is 2. The molecule has 1 unspecified atom stereocenters. The van der Waals surface area contributed by atoms with Crippen LogP contribution < -0.4 is 0 Å². The lowest BCUT2D eigenvalue weighted by Crippen LogP contribution is -2.58. The third-order valence-electron chi connectivity index (χ3n) is 9.51. The molecule has 8 nitrogen and oxygen atoms in total. The van der Waals surface area contributed by atoms with Crippen molar-refractivity contribution in [2.45, 2.75) is 122 Å². The molecule has 214 valence electrons. The number of carboxylic acid groups (broad SMARTS) is 1. The van der Waals surface area contributed by atoms with Crippen molar-refractivity contribution in [3.63, 3.8) is 0 Å². The number of carbonyl (C=O) groups is 4. The van der Waals surface area contributed by atoms with E-state index in [0.717, 1.165) is 19.3 Å². The van der Waals surface area contributed by atoms with E-state index in [9.17, 15) is 34.5 Å². The number of hydrogen-bond acceptors (Lipinski definition) is 6. The number of ketones is 2. The van der Waals surface area contributed by atoms with Gasteiger partial charge in [0.1, 0.15) is 17.6 Å². The van der Waals surface area contributed by atoms with Crippen LogP contribution in [0.15, 0.2) is 12.2 Å². The van der Waals surface area contributed by atoms with Crippen LogP contribution in [-0.4, -0.2) is 68.2 Å². The average Bonchev–Trinajstić information content (AvgIpc) is 3.57. The molecule has 8 heteroatoms. The second-order valence-electron chi connectivity index (χ2n) is 12.1. The van der Waals surface area contributed by atoms with Crippen LogP contribution in [0.1, 0.15) is 104 Å². The number of likely N-dealkylation sites (tertiary alicyclic amines) is 1. The lowest BCUT2D eigenvalue weighted by molar-refractivity contribution is -0.792. The third-order valence-corrected chi connectivity index (χ3v) is 9.51. The molecule has 0 radical (unpaired) electrons. The molecular weight excluding hydrogens is 486 g/mol. The van der Waals surface area contributed by atoms with Crippen molar-refractivity contribution < 1.29 is 39.0 Å². The number of quaternary nitrogens is 1. The second kappa shape index (κ2) is 13.9. The Morgan fingerprint density at radius 2 is 1.84 bits per heavy atom. The lowest BCUT2D eigenvalue weighted by atomic mass is 9.87. The average molecular weight is 535 g/mol. The monoisotopic (exact) mass is 534 g/mol. The molecule has 0 bridgehead atoms. The highest BCUT2D eigenvalue weighted by molar-refractivity contribution is 5.90. The maximum absolute atomic E-state index is 12.8. The molecule has 0 aromatic rings. The number of nitrogens with zero attached hydrogens (tertiary/aromatic N) is 1. The number of hydrogen-bond donors (Lipinski definition) is 3. The SMILES string of the molecule is CCCC[C@H]1CC[C@H]([C@@H](O)C=C[C@H]2[C@H](O)CC(=O)[C@@H]2CC(=O)CCCCC(=O)[N+]2(C(=O)O)CCC[C@H]2C)C1. The predicted octanol–water partition coefficient (Wildman–Crippen LogP) is 4.80. The predicted molar refractivity (Wildman–Crippen MR) is 143 cm³/mol. The summed E-state index contributed by atoms with van der Waals surface area (Å²) in [5.74, 6) is -0.705. The summed E-state index contributed by atoms with van der Waals surface area (Å²) in [7, 11) is 0. The van der Waals surface area contributed by atoms with Crippen LogP contribution in [0.3, 0.4) is 0 Å². The first-order valence-corrected chi connectivity index (χ1v) is 14.8. The zero-order valence-corrected chi connectivity index (χ0v) is 23.2. The van der Waals surface area contributed by atoms with E-state index in [1.807, 2.05) is 0 Å². The summed E-state index contributed by atoms with van der Waals surface area (Å²) < 4.78 is -0.511. The molecule has 0 aromatic carbocycles. The Labute approximate surface area is 227 Å². The molecule has 2 saturated carbocycles. The van der Waals surface area contributed by atoms with Crippen LogP contribution in [-0.2, 0) is 14.4 Å². The van der Waals surface area contributed by atoms with Crippen LogP contribution in [0.4, 0.5) is 4.79 Å². The van der Waals surface area contributed by atoms with Gasteiger partial charge in [0.05, 0.1) is 25.2 Å². The van der Waals surface area contributed by atoms with Gasteiger partial charge in [-0.2, -0.15) is 9.28 Å². The Balaban J connectivity index is 1.46. The van der Waals surface area contributed by atoms with Crippen molar-refractivity contribution >= 4 is 23.6 Å². The number of rotatable bonds is 13. The minimum absolute atomic E-state index is 0.0213. The van der Waals surface area contributed by atoms with Gasteiger partial charge in [-0.3, -0.25) is 9.59 Å². The molecular formula is C30H48NO7+. The fourth-order valence-corrected chi connectivity index (χ4v) is 7.05. The Morgan fingerprint density at radius 1 is 1.11 bits per heavy atom. The van der Waals surface area contributed by atoms with Crippen LogP contribution in [0, 0.1) is 23.7 Å². The second-order valence-corrected chi connectivity index (χ2v) is 12.1. The Bertz CT molecular complexity index is 886. The highest BCUT2D eigenvalue weighted by Gasteiger charge is 2.52. The van der Waals surface area contributed by atoms with Crippen LogP contribution in [0.2, 0.25) is 0 Å². The van der Waals surface area contributed by atoms with Crippen molar-refractivity contribution in [1.29, 1.82) is 0 Å². The molecule has 0 aromatic heterocycles. The fourth-order valence-electron chi connectivity index (χ4n) is 7.05. The summed E-state index contributed by atoms with van der Waals surface area (Å²) >= 11 is 0. The van der Waals surface area contributed by atoms with E-state index in [2.05, 4.69) is 6.92 Å². The van der Waals surface area contributed by atoms with Gasteiger partial charge in [-0.15, -0.1) is 0 Å². The smallest absolute Gasteiger partial charge is 0.435 e. The van der Waals surface area contributed by atoms with Gasteiger partial charge in [-0.25, -0.2) is 4.79 Å². The fraction of sp³-hybridized carbons (Fsp3) is 0.800. The minimum atomic E-state index is -1.09. The van der Waals surface area contributed by atoms with Gasteiger partial charge < -0.3 is 15.3 Å². The lowest BCUT2D eigenvalue weighted by Gasteiger charge is -2.29. The molecule has 3 aliphatic rings. The Kier molecular flexibility index (Phi) is 11.2. The van der Waals surface area contributed by atoms with E-state index in [1.165, 1.54) is 19.3 Å². The van der Waals surface area contributed by atoms with Crippen molar-refractivity contribution in [1.82, 2.24) is 0 Å².